The van der Waals surface area contributed by atoms with Gasteiger partial charge in [-0.1, -0.05) is 62.4 Å². The highest BCUT2D eigenvalue weighted by molar-refractivity contribution is 5.69. The Morgan fingerprint density at radius 2 is 1.17 bits per heavy atom. The summed E-state index contributed by atoms with van der Waals surface area (Å²) >= 11 is 0. The van der Waals surface area contributed by atoms with E-state index in [-0.39, 0.29) is 0 Å². The molecule has 1 aromatic heterocycles. The van der Waals surface area contributed by atoms with E-state index in [2.05, 4.69) is 79.5 Å². The third-order valence-corrected chi connectivity index (χ3v) is 5.62. The van der Waals surface area contributed by atoms with Gasteiger partial charge in [-0.3, -0.25) is 0 Å². The van der Waals surface area contributed by atoms with Gasteiger partial charge >= 0.3 is 0 Å². The first-order chi connectivity index (χ1) is 11.7. The average Bonchev–Trinajstić information content (AvgIpc) is 2.61. The van der Waals surface area contributed by atoms with Crippen LogP contribution in [0.2, 0.25) is 0 Å². The van der Waals surface area contributed by atoms with E-state index in [0.717, 1.165) is 11.4 Å². The zero-order valence-electron chi connectivity index (χ0n) is 14.2. The van der Waals surface area contributed by atoms with Crippen LogP contribution in [0.4, 0.5) is 0 Å². The second kappa shape index (κ2) is 4.76. The van der Waals surface area contributed by atoms with Crippen LogP contribution in [-0.2, 0) is 0 Å². The van der Waals surface area contributed by atoms with Crippen LogP contribution in [0.3, 0.4) is 0 Å². The maximum absolute atomic E-state index is 4.61. The summed E-state index contributed by atoms with van der Waals surface area (Å²) in [5, 5.41) is 9.13. The zero-order valence-corrected chi connectivity index (χ0v) is 14.2. The lowest BCUT2D eigenvalue weighted by Crippen LogP contribution is -2.30. The standard InChI is InChI=1S/C22H20N2/c1-12(2)22-21-18(13(3)23-24-22)19-14-8-4-6-10-16(14)20(21)17-11-7-5-9-15(17)19/h4-12,19-20H,1-3H3. The van der Waals surface area contributed by atoms with Crippen LogP contribution in [0.15, 0.2) is 48.5 Å². The minimum absolute atomic E-state index is 0.295. The Morgan fingerprint density at radius 1 is 0.708 bits per heavy atom. The molecule has 2 nitrogen and oxygen atoms in total. The zero-order chi connectivity index (χ0) is 16.4. The van der Waals surface area contributed by atoms with Crippen LogP contribution in [0.5, 0.6) is 0 Å². The average molecular weight is 312 g/mol. The van der Waals surface area contributed by atoms with Crippen molar-refractivity contribution in [2.45, 2.75) is 38.5 Å². The first-order valence-corrected chi connectivity index (χ1v) is 8.73. The fourth-order valence-electron chi connectivity index (χ4n) is 4.69. The molecule has 6 rings (SSSR count). The molecule has 3 aromatic rings. The van der Waals surface area contributed by atoms with E-state index < -0.39 is 0 Å². The van der Waals surface area contributed by atoms with Crippen molar-refractivity contribution in [2.24, 2.45) is 0 Å². The molecule has 118 valence electrons. The minimum Gasteiger partial charge on any atom is -0.155 e. The lowest BCUT2D eigenvalue weighted by molar-refractivity contribution is 0.671. The molecule has 2 heteroatoms. The van der Waals surface area contributed by atoms with Gasteiger partial charge in [0.2, 0.25) is 0 Å². The summed E-state index contributed by atoms with van der Waals surface area (Å²) in [5.74, 6) is 0.972. The largest absolute Gasteiger partial charge is 0.155 e. The monoisotopic (exact) mass is 312 g/mol. The lowest BCUT2D eigenvalue weighted by Gasteiger charge is -2.43. The summed E-state index contributed by atoms with van der Waals surface area (Å²) in [6.07, 6.45) is 0. The second-order valence-electron chi connectivity index (χ2n) is 7.28. The normalized spacial score (nSPS) is 19.8. The molecule has 0 atom stereocenters. The SMILES string of the molecule is Cc1nnc(C(C)C)c2c1C1c3ccccc3C2c2ccccc21. The number of benzene rings is 2. The quantitative estimate of drug-likeness (QED) is 0.440. The lowest BCUT2D eigenvalue weighted by atomic mass is 9.60. The molecule has 2 bridgehead atoms. The Kier molecular flexibility index (Phi) is 2.76. The molecule has 0 aliphatic heterocycles. The van der Waals surface area contributed by atoms with Crippen LogP contribution < -0.4 is 0 Å². The van der Waals surface area contributed by atoms with Gasteiger partial charge in [0.05, 0.1) is 11.4 Å². The molecular formula is C22H20N2. The molecule has 0 saturated heterocycles. The highest BCUT2D eigenvalue weighted by atomic mass is 15.1. The molecule has 0 saturated carbocycles. The van der Waals surface area contributed by atoms with Gasteiger partial charge in [0.15, 0.2) is 0 Å². The molecule has 1 heterocycles. The molecular weight excluding hydrogens is 292 g/mol. The van der Waals surface area contributed by atoms with E-state index in [1.54, 1.807) is 0 Å². The number of nitrogens with zero attached hydrogens (tertiary/aromatic N) is 2. The third-order valence-electron chi connectivity index (χ3n) is 5.62. The summed E-state index contributed by atoms with van der Waals surface area (Å²) in [4.78, 5) is 0. The predicted molar refractivity (Wildman–Crippen MR) is 95.6 cm³/mol. The smallest absolute Gasteiger partial charge is 0.0701 e. The van der Waals surface area contributed by atoms with Crippen molar-refractivity contribution in [1.82, 2.24) is 10.2 Å². The van der Waals surface area contributed by atoms with Crippen molar-refractivity contribution in [3.63, 3.8) is 0 Å². The van der Waals surface area contributed by atoms with Crippen LogP contribution in [-0.4, -0.2) is 10.2 Å². The molecule has 0 N–H and O–H groups in total. The van der Waals surface area contributed by atoms with Gasteiger partial charge in [-0.2, -0.15) is 10.2 Å². The minimum atomic E-state index is 0.295. The van der Waals surface area contributed by atoms with Crippen molar-refractivity contribution >= 4 is 0 Å². The maximum atomic E-state index is 4.61. The van der Waals surface area contributed by atoms with Gasteiger partial charge < -0.3 is 0 Å². The number of hydrogen-bond donors (Lipinski definition) is 0. The van der Waals surface area contributed by atoms with Crippen LogP contribution in [0.1, 0.15) is 76.4 Å². The Labute approximate surface area is 142 Å². The Hall–Kier alpha value is -2.48. The van der Waals surface area contributed by atoms with Crippen LogP contribution in [0, 0.1) is 6.92 Å². The van der Waals surface area contributed by atoms with Crippen molar-refractivity contribution in [2.75, 3.05) is 0 Å². The Balaban J connectivity index is 1.93. The Bertz CT molecular complexity index is 924. The summed E-state index contributed by atoms with van der Waals surface area (Å²) in [6.45, 7) is 6.56. The maximum Gasteiger partial charge on any atom is 0.0701 e. The molecule has 0 unspecified atom stereocenters. The van der Waals surface area contributed by atoms with Crippen molar-refractivity contribution in [3.05, 3.63) is 93.3 Å². The fourth-order valence-corrected chi connectivity index (χ4v) is 4.69. The fraction of sp³-hybridized carbons (Fsp3) is 0.273. The predicted octanol–water partition coefficient (Wildman–Crippen LogP) is 4.90. The number of aromatic nitrogens is 2. The van der Waals surface area contributed by atoms with Crippen molar-refractivity contribution in [3.8, 4) is 0 Å². The molecule has 0 amide bonds. The summed E-state index contributed by atoms with van der Waals surface area (Å²) in [5.41, 5.74) is 10.8. The topological polar surface area (TPSA) is 25.8 Å². The van der Waals surface area contributed by atoms with E-state index >= 15 is 0 Å². The molecule has 0 fully saturated rings. The van der Waals surface area contributed by atoms with Gasteiger partial charge in [-0.05, 0) is 46.2 Å². The van der Waals surface area contributed by atoms with E-state index in [4.69, 9.17) is 0 Å². The van der Waals surface area contributed by atoms with Gasteiger partial charge in [-0.25, -0.2) is 0 Å². The molecule has 3 aliphatic carbocycles. The van der Waals surface area contributed by atoms with E-state index in [9.17, 15) is 0 Å². The first kappa shape index (κ1) is 13.9. The van der Waals surface area contributed by atoms with Gasteiger partial charge in [0, 0.05) is 11.8 Å². The van der Waals surface area contributed by atoms with Crippen molar-refractivity contribution in [1.29, 1.82) is 0 Å². The van der Waals surface area contributed by atoms with Crippen molar-refractivity contribution < 1.29 is 0 Å². The Morgan fingerprint density at radius 3 is 1.62 bits per heavy atom. The van der Waals surface area contributed by atoms with E-state index in [1.807, 2.05) is 0 Å². The molecule has 3 aliphatic rings. The molecule has 0 radical (unpaired) electrons. The number of rotatable bonds is 1. The first-order valence-electron chi connectivity index (χ1n) is 8.73. The van der Waals surface area contributed by atoms with E-state index in [1.165, 1.54) is 33.4 Å². The van der Waals surface area contributed by atoms with Crippen LogP contribution >= 0.6 is 0 Å². The summed E-state index contributed by atoms with van der Waals surface area (Å²) in [6, 6.07) is 17.8. The molecule has 0 spiro atoms. The summed E-state index contributed by atoms with van der Waals surface area (Å²) < 4.78 is 0. The van der Waals surface area contributed by atoms with Crippen LogP contribution in [0.25, 0.3) is 0 Å². The van der Waals surface area contributed by atoms with Gasteiger partial charge in [-0.15, -0.1) is 0 Å². The molecule has 2 aromatic carbocycles. The summed E-state index contributed by atoms with van der Waals surface area (Å²) in [7, 11) is 0. The van der Waals surface area contributed by atoms with Gasteiger partial charge in [0.1, 0.15) is 0 Å². The molecule has 24 heavy (non-hydrogen) atoms. The van der Waals surface area contributed by atoms with Gasteiger partial charge in [0.25, 0.3) is 0 Å². The highest BCUT2D eigenvalue weighted by Crippen LogP contribution is 2.57. The number of hydrogen-bond acceptors (Lipinski definition) is 2. The second-order valence-corrected chi connectivity index (χ2v) is 7.28. The van der Waals surface area contributed by atoms with E-state index in [0.29, 0.717) is 17.8 Å². The third kappa shape index (κ3) is 1.61. The number of aryl methyl sites for hydroxylation is 1. The highest BCUT2D eigenvalue weighted by Gasteiger charge is 2.44.